The first-order valence-electron chi connectivity index (χ1n) is 7.21. The molecule has 0 unspecified atom stereocenters. The molecule has 1 fully saturated rings. The van der Waals surface area contributed by atoms with E-state index in [0.717, 1.165) is 16.8 Å². The van der Waals surface area contributed by atoms with Crippen molar-refractivity contribution < 1.29 is 28.9 Å². The summed E-state index contributed by atoms with van der Waals surface area (Å²) >= 11 is 0. The molecule has 1 saturated heterocycles. The molecule has 1 aliphatic heterocycles. The third-order valence-electron chi connectivity index (χ3n) is 3.44. The number of ether oxygens (including phenoxy) is 2. The summed E-state index contributed by atoms with van der Waals surface area (Å²) in [5, 5.41) is 18.7. The van der Waals surface area contributed by atoms with Crippen LogP contribution in [0, 0.1) is 0 Å². The van der Waals surface area contributed by atoms with E-state index in [1.807, 2.05) is 0 Å². The molecule has 0 aliphatic carbocycles. The topological polar surface area (TPSA) is 137 Å². The molecule has 0 spiro atoms. The van der Waals surface area contributed by atoms with Crippen molar-refractivity contribution in [2.45, 2.75) is 31.5 Å². The van der Waals surface area contributed by atoms with Crippen molar-refractivity contribution in [2.24, 2.45) is 0 Å². The van der Waals surface area contributed by atoms with E-state index in [0.29, 0.717) is 0 Å². The number of aromatic nitrogens is 2. The number of carbonyl (C=O) groups excluding carboxylic acids is 1. The maximum atomic E-state index is 14.1. The van der Waals surface area contributed by atoms with Crippen LogP contribution >= 0.6 is 0 Å². The first kappa shape index (κ1) is 18.0. The van der Waals surface area contributed by atoms with Crippen molar-refractivity contribution in [1.29, 1.82) is 0 Å². The minimum atomic E-state index is -1.94. The number of halogens is 1. The Morgan fingerprint density at radius 2 is 2.33 bits per heavy atom. The molecular formula is C14H18FN3O6. The van der Waals surface area contributed by atoms with Crippen LogP contribution in [0.5, 0.6) is 0 Å². The highest BCUT2D eigenvalue weighted by atomic mass is 19.1. The molecule has 0 bridgehead atoms. The van der Waals surface area contributed by atoms with E-state index in [9.17, 15) is 19.1 Å². The molecule has 24 heavy (non-hydrogen) atoms. The van der Waals surface area contributed by atoms with Gasteiger partial charge in [-0.15, -0.1) is 0 Å². The van der Waals surface area contributed by atoms with Crippen LogP contribution in [-0.4, -0.2) is 57.3 Å². The summed E-state index contributed by atoms with van der Waals surface area (Å²) in [6.45, 7) is 1.23. The normalized spacial score (nSPS) is 26.8. The Balaban J connectivity index is 2.33. The van der Waals surface area contributed by atoms with Gasteiger partial charge in [-0.1, -0.05) is 0 Å². The number of nitrogens with two attached hydrogens (primary N) is 1. The van der Waals surface area contributed by atoms with Crippen LogP contribution in [0.3, 0.4) is 0 Å². The van der Waals surface area contributed by atoms with Crippen LogP contribution in [-0.2, 0) is 14.3 Å². The van der Waals surface area contributed by atoms with E-state index in [2.05, 4.69) is 4.98 Å². The monoisotopic (exact) mass is 343 g/mol. The molecule has 132 valence electrons. The van der Waals surface area contributed by atoms with Crippen LogP contribution < -0.4 is 11.4 Å². The Morgan fingerprint density at radius 3 is 2.92 bits per heavy atom. The van der Waals surface area contributed by atoms with Crippen molar-refractivity contribution in [3.8, 4) is 0 Å². The molecule has 1 aliphatic rings. The largest absolute Gasteiger partial charge is 0.463 e. The van der Waals surface area contributed by atoms with E-state index in [-0.39, 0.29) is 18.0 Å². The van der Waals surface area contributed by atoms with Gasteiger partial charge in [0, 0.05) is 17.8 Å². The van der Waals surface area contributed by atoms with Gasteiger partial charge in [0.1, 0.15) is 18.0 Å². The number of hydrogen-bond donors (Lipinski definition) is 3. The second-order valence-electron chi connectivity index (χ2n) is 5.04. The second kappa shape index (κ2) is 7.51. The minimum Gasteiger partial charge on any atom is -0.463 e. The van der Waals surface area contributed by atoms with Crippen LogP contribution in [0.2, 0.25) is 0 Å². The summed E-state index contributed by atoms with van der Waals surface area (Å²) < 4.78 is 24.8. The highest BCUT2D eigenvalue weighted by molar-refractivity contribution is 5.87. The molecule has 2 rings (SSSR count). The number of hydrogen-bond acceptors (Lipinski definition) is 8. The average Bonchev–Trinajstić information content (AvgIpc) is 2.82. The smallest absolute Gasteiger partial charge is 0.351 e. The fourth-order valence-corrected chi connectivity index (χ4v) is 2.23. The zero-order valence-corrected chi connectivity index (χ0v) is 12.8. The highest BCUT2D eigenvalue weighted by Gasteiger charge is 2.45. The van der Waals surface area contributed by atoms with Gasteiger partial charge < -0.3 is 25.4 Å². The Kier molecular flexibility index (Phi) is 5.65. The summed E-state index contributed by atoms with van der Waals surface area (Å²) in [5.41, 5.74) is 4.89. The summed E-state index contributed by atoms with van der Waals surface area (Å²) in [6.07, 6.45) is -2.64. The molecule has 0 radical (unpaired) electrons. The third-order valence-corrected chi connectivity index (χ3v) is 3.44. The Morgan fingerprint density at radius 1 is 1.62 bits per heavy atom. The average molecular weight is 343 g/mol. The summed E-state index contributed by atoms with van der Waals surface area (Å²) in [5.74, 6) is -0.782. The van der Waals surface area contributed by atoms with Gasteiger partial charge in [0.25, 0.3) is 0 Å². The lowest BCUT2D eigenvalue weighted by molar-refractivity contribution is -0.137. The summed E-state index contributed by atoms with van der Waals surface area (Å²) in [4.78, 5) is 26.8. The van der Waals surface area contributed by atoms with Crippen molar-refractivity contribution in [3.05, 3.63) is 28.3 Å². The van der Waals surface area contributed by atoms with E-state index in [1.54, 1.807) is 6.92 Å². The van der Waals surface area contributed by atoms with E-state index >= 15 is 0 Å². The number of aliphatic hydroxyl groups excluding tert-OH is 2. The van der Waals surface area contributed by atoms with E-state index < -0.39 is 42.9 Å². The van der Waals surface area contributed by atoms with E-state index in [1.165, 1.54) is 6.08 Å². The van der Waals surface area contributed by atoms with Gasteiger partial charge in [-0.2, -0.15) is 4.98 Å². The van der Waals surface area contributed by atoms with Crippen molar-refractivity contribution in [2.75, 3.05) is 18.9 Å². The van der Waals surface area contributed by atoms with Crippen LogP contribution in [0.4, 0.5) is 10.2 Å². The Labute approximate surface area is 136 Å². The second-order valence-corrected chi connectivity index (χ2v) is 5.04. The molecule has 0 amide bonds. The number of nitrogens with zero attached hydrogens (tertiary/aromatic N) is 2. The van der Waals surface area contributed by atoms with Crippen LogP contribution in [0.1, 0.15) is 18.7 Å². The lowest BCUT2D eigenvalue weighted by atomic mass is 10.1. The molecule has 2 heterocycles. The summed E-state index contributed by atoms with van der Waals surface area (Å²) in [7, 11) is 0. The van der Waals surface area contributed by atoms with Gasteiger partial charge in [-0.25, -0.2) is 14.0 Å². The molecule has 10 heteroatoms. The quantitative estimate of drug-likeness (QED) is 0.457. The number of aliphatic hydroxyl groups is 2. The number of rotatable bonds is 5. The fraction of sp³-hybridized carbons (Fsp3) is 0.500. The van der Waals surface area contributed by atoms with Gasteiger partial charge in [0.2, 0.25) is 0 Å². The molecular weight excluding hydrogens is 325 g/mol. The Hall–Kier alpha value is -2.30. The molecule has 4 atom stereocenters. The number of nitrogen functional groups attached to an aromatic ring is 1. The molecule has 1 aromatic rings. The molecule has 0 saturated carbocycles. The number of alkyl halides is 1. The Bertz CT molecular complexity index is 692. The van der Waals surface area contributed by atoms with Crippen LogP contribution in [0.25, 0.3) is 6.08 Å². The maximum Gasteiger partial charge on any atom is 0.351 e. The lowest BCUT2D eigenvalue weighted by Gasteiger charge is -2.16. The SMILES string of the molecule is CCOC(=O)C=Cc1cn([C@@H]2O[C@H](CO)[C@@H](O)[C@@H]2F)c(=O)nc1N. The first-order valence-corrected chi connectivity index (χ1v) is 7.21. The van der Waals surface area contributed by atoms with Gasteiger partial charge in [0.15, 0.2) is 12.4 Å². The van der Waals surface area contributed by atoms with Crippen molar-refractivity contribution >= 4 is 17.9 Å². The van der Waals surface area contributed by atoms with Crippen molar-refractivity contribution in [3.63, 3.8) is 0 Å². The number of anilines is 1. The fourth-order valence-electron chi connectivity index (χ4n) is 2.23. The zero-order valence-electron chi connectivity index (χ0n) is 12.8. The van der Waals surface area contributed by atoms with Gasteiger partial charge in [-0.3, -0.25) is 4.57 Å². The molecule has 1 aromatic heterocycles. The zero-order chi connectivity index (χ0) is 17.9. The standard InChI is InChI=1S/C14H18FN3O6/c1-2-23-9(20)4-3-7-5-18(14(22)17-12(7)16)13-10(15)11(21)8(6-19)24-13/h3-5,8,10-11,13,19,21H,2,6H2,1H3,(H2,16,17,22)/t8-,10+,11-,13-/m1/s1. The predicted octanol–water partition coefficient (Wildman–Crippen LogP) is -1.01. The highest BCUT2D eigenvalue weighted by Crippen LogP contribution is 2.31. The van der Waals surface area contributed by atoms with Gasteiger partial charge in [0.05, 0.1) is 13.2 Å². The number of carbonyl (C=O) groups is 1. The minimum absolute atomic E-state index is 0.163. The third kappa shape index (κ3) is 3.61. The first-order chi connectivity index (χ1) is 11.4. The van der Waals surface area contributed by atoms with Crippen molar-refractivity contribution in [1.82, 2.24) is 9.55 Å². The number of esters is 1. The molecule has 9 nitrogen and oxygen atoms in total. The van der Waals surface area contributed by atoms with Gasteiger partial charge in [-0.05, 0) is 13.0 Å². The maximum absolute atomic E-state index is 14.1. The summed E-state index contributed by atoms with van der Waals surface area (Å²) in [6, 6.07) is 0. The molecule has 4 N–H and O–H groups in total. The van der Waals surface area contributed by atoms with Gasteiger partial charge >= 0.3 is 11.7 Å². The molecule has 0 aromatic carbocycles. The van der Waals surface area contributed by atoms with E-state index in [4.69, 9.17) is 20.3 Å². The predicted molar refractivity (Wildman–Crippen MR) is 80.5 cm³/mol. The lowest BCUT2D eigenvalue weighted by Crippen LogP contribution is -2.34. The van der Waals surface area contributed by atoms with Crippen LogP contribution in [0.15, 0.2) is 17.1 Å².